The lowest BCUT2D eigenvalue weighted by Gasteiger charge is -2.53. The zero-order valence-electron chi connectivity index (χ0n) is 10.9. The molecule has 5 heteroatoms. The van der Waals surface area contributed by atoms with Crippen LogP contribution in [-0.2, 0) is 19.0 Å². The Morgan fingerprint density at radius 3 is 2.83 bits per heavy atom. The molecule has 0 aromatic heterocycles. The number of hydrogen-bond donors (Lipinski definition) is 0. The number of rotatable bonds is 2. The normalized spacial score (nSPS) is 34.6. The van der Waals surface area contributed by atoms with Crippen molar-refractivity contribution < 1.29 is 19.0 Å². The maximum Gasteiger partial charge on any atom is 0.228 e. The molecule has 102 valence electrons. The maximum atomic E-state index is 12.2. The lowest BCUT2D eigenvalue weighted by molar-refractivity contribution is -0.200. The van der Waals surface area contributed by atoms with Crippen molar-refractivity contribution in [1.29, 1.82) is 0 Å². The average molecular weight is 255 g/mol. The summed E-state index contributed by atoms with van der Waals surface area (Å²) in [6.45, 7) is 3.50. The largest absolute Gasteiger partial charge is 0.381 e. The van der Waals surface area contributed by atoms with Crippen molar-refractivity contribution in [3.05, 3.63) is 0 Å². The summed E-state index contributed by atoms with van der Waals surface area (Å²) in [5.41, 5.74) is -0.131. The van der Waals surface area contributed by atoms with Gasteiger partial charge in [0.2, 0.25) is 5.91 Å². The van der Waals surface area contributed by atoms with E-state index >= 15 is 0 Å². The molecule has 3 aliphatic rings. The van der Waals surface area contributed by atoms with Gasteiger partial charge in [0, 0.05) is 26.7 Å². The van der Waals surface area contributed by atoms with Gasteiger partial charge in [0.1, 0.15) is 5.60 Å². The minimum atomic E-state index is -0.131. The molecule has 3 heterocycles. The summed E-state index contributed by atoms with van der Waals surface area (Å²) in [6.07, 6.45) is 3.02. The van der Waals surface area contributed by atoms with Crippen LogP contribution in [0.5, 0.6) is 0 Å². The number of ether oxygens (including phenoxy) is 3. The zero-order valence-corrected chi connectivity index (χ0v) is 10.9. The predicted molar refractivity (Wildman–Crippen MR) is 64.2 cm³/mol. The molecule has 3 aliphatic heterocycles. The number of likely N-dealkylation sites (tertiary alicyclic amines) is 1. The summed E-state index contributed by atoms with van der Waals surface area (Å²) in [7, 11) is 1.75. The first-order chi connectivity index (χ1) is 8.72. The van der Waals surface area contributed by atoms with Gasteiger partial charge in [-0.1, -0.05) is 0 Å². The third-order valence-electron chi connectivity index (χ3n) is 4.33. The summed E-state index contributed by atoms with van der Waals surface area (Å²) in [5, 5.41) is 0. The van der Waals surface area contributed by atoms with Crippen LogP contribution in [-0.4, -0.2) is 62.5 Å². The van der Waals surface area contributed by atoms with E-state index in [0.717, 1.165) is 45.6 Å². The van der Waals surface area contributed by atoms with E-state index in [1.54, 1.807) is 7.11 Å². The molecule has 3 rings (SSSR count). The summed E-state index contributed by atoms with van der Waals surface area (Å²) in [6, 6.07) is 0. The molecule has 0 aliphatic carbocycles. The molecule has 0 aromatic rings. The fraction of sp³-hybridized carbons (Fsp3) is 0.923. The highest BCUT2D eigenvalue weighted by Crippen LogP contribution is 2.36. The van der Waals surface area contributed by atoms with Gasteiger partial charge in [-0.25, -0.2) is 0 Å². The van der Waals surface area contributed by atoms with Gasteiger partial charge in [-0.15, -0.1) is 0 Å². The molecule has 0 radical (unpaired) electrons. The third-order valence-corrected chi connectivity index (χ3v) is 4.33. The molecule has 0 N–H and O–H groups in total. The molecule has 0 unspecified atom stereocenters. The Bertz CT molecular complexity index is 321. The molecule has 0 saturated carbocycles. The predicted octanol–water partition coefficient (Wildman–Crippen LogP) is 0.429. The highest BCUT2D eigenvalue weighted by Gasteiger charge is 2.50. The number of carbonyl (C=O) groups is 1. The number of hydrogen-bond acceptors (Lipinski definition) is 4. The second-order valence-corrected chi connectivity index (χ2v) is 5.64. The molecule has 5 nitrogen and oxygen atoms in total. The van der Waals surface area contributed by atoms with Crippen molar-refractivity contribution >= 4 is 5.91 Å². The Morgan fingerprint density at radius 2 is 2.17 bits per heavy atom. The summed E-state index contributed by atoms with van der Waals surface area (Å²) < 4.78 is 16.6. The van der Waals surface area contributed by atoms with Crippen molar-refractivity contribution in [2.24, 2.45) is 5.92 Å². The first-order valence-electron chi connectivity index (χ1n) is 6.76. The average Bonchev–Trinajstić information content (AvgIpc) is 2.89. The Kier molecular flexibility index (Phi) is 3.30. The van der Waals surface area contributed by atoms with Crippen LogP contribution in [0, 0.1) is 5.92 Å². The van der Waals surface area contributed by atoms with E-state index in [0.29, 0.717) is 6.61 Å². The van der Waals surface area contributed by atoms with Crippen molar-refractivity contribution in [2.45, 2.75) is 31.0 Å². The van der Waals surface area contributed by atoms with Gasteiger partial charge in [-0.05, 0) is 12.8 Å². The molecule has 3 fully saturated rings. The van der Waals surface area contributed by atoms with E-state index in [2.05, 4.69) is 0 Å². The highest BCUT2D eigenvalue weighted by molar-refractivity contribution is 5.80. The van der Waals surface area contributed by atoms with Gasteiger partial charge < -0.3 is 19.1 Å². The lowest BCUT2D eigenvalue weighted by atomic mass is 9.84. The van der Waals surface area contributed by atoms with Crippen LogP contribution in [0.15, 0.2) is 0 Å². The van der Waals surface area contributed by atoms with E-state index in [4.69, 9.17) is 14.2 Å². The molecule has 0 aromatic carbocycles. The topological polar surface area (TPSA) is 48.0 Å². The molecular formula is C13H21NO4. The van der Waals surface area contributed by atoms with Gasteiger partial charge >= 0.3 is 0 Å². The van der Waals surface area contributed by atoms with Gasteiger partial charge in [0.15, 0.2) is 0 Å². The molecule has 2 atom stereocenters. The lowest BCUT2D eigenvalue weighted by Crippen LogP contribution is -2.68. The molecular weight excluding hydrogens is 234 g/mol. The van der Waals surface area contributed by atoms with Gasteiger partial charge in [-0.3, -0.25) is 4.79 Å². The van der Waals surface area contributed by atoms with Gasteiger partial charge in [0.25, 0.3) is 0 Å². The minimum absolute atomic E-state index is 0.0733. The Labute approximate surface area is 107 Å². The first kappa shape index (κ1) is 12.4. The van der Waals surface area contributed by atoms with E-state index in [-0.39, 0.29) is 23.5 Å². The summed E-state index contributed by atoms with van der Waals surface area (Å²) >= 11 is 0. The smallest absolute Gasteiger partial charge is 0.228 e. The van der Waals surface area contributed by atoms with Crippen LogP contribution in [0.3, 0.4) is 0 Å². The van der Waals surface area contributed by atoms with Gasteiger partial charge in [-0.2, -0.15) is 0 Å². The molecule has 1 spiro atoms. The van der Waals surface area contributed by atoms with Crippen LogP contribution < -0.4 is 0 Å². The van der Waals surface area contributed by atoms with Crippen molar-refractivity contribution in [1.82, 2.24) is 4.90 Å². The Morgan fingerprint density at radius 1 is 1.33 bits per heavy atom. The van der Waals surface area contributed by atoms with Crippen molar-refractivity contribution in [3.8, 4) is 0 Å². The minimum Gasteiger partial charge on any atom is -0.381 e. The molecule has 3 saturated heterocycles. The number of methoxy groups -OCH3 is 1. The molecule has 1 amide bonds. The second-order valence-electron chi connectivity index (χ2n) is 5.64. The van der Waals surface area contributed by atoms with Crippen LogP contribution >= 0.6 is 0 Å². The standard InChI is InChI=1S/C13H21NO4/c1-16-11-3-5-18-13(6-11)8-14(9-13)12(15)10-2-4-17-7-10/h10-11H,2-9H2,1H3/t10-,11+/m0/s1. The first-order valence-corrected chi connectivity index (χ1v) is 6.76. The molecule has 0 bridgehead atoms. The van der Waals surface area contributed by atoms with Crippen LogP contribution in [0.1, 0.15) is 19.3 Å². The van der Waals surface area contributed by atoms with E-state index in [1.165, 1.54) is 0 Å². The van der Waals surface area contributed by atoms with Crippen LogP contribution in [0.25, 0.3) is 0 Å². The van der Waals surface area contributed by atoms with E-state index in [1.807, 2.05) is 4.90 Å². The van der Waals surface area contributed by atoms with E-state index < -0.39 is 0 Å². The number of carbonyl (C=O) groups excluding carboxylic acids is 1. The summed E-state index contributed by atoms with van der Waals surface area (Å²) in [5.74, 6) is 0.311. The number of nitrogens with zero attached hydrogens (tertiary/aromatic N) is 1. The quantitative estimate of drug-likeness (QED) is 0.718. The van der Waals surface area contributed by atoms with Crippen LogP contribution in [0.2, 0.25) is 0 Å². The zero-order chi connectivity index (χ0) is 12.6. The Balaban J connectivity index is 1.53. The van der Waals surface area contributed by atoms with Crippen molar-refractivity contribution in [3.63, 3.8) is 0 Å². The highest BCUT2D eigenvalue weighted by atomic mass is 16.5. The fourth-order valence-corrected chi connectivity index (χ4v) is 3.20. The maximum absolute atomic E-state index is 12.2. The molecule has 18 heavy (non-hydrogen) atoms. The van der Waals surface area contributed by atoms with Crippen molar-refractivity contribution in [2.75, 3.05) is 40.0 Å². The monoisotopic (exact) mass is 255 g/mol. The second kappa shape index (κ2) is 4.79. The summed E-state index contributed by atoms with van der Waals surface area (Å²) in [4.78, 5) is 14.1. The number of amides is 1. The third kappa shape index (κ3) is 2.15. The van der Waals surface area contributed by atoms with Crippen LogP contribution in [0.4, 0.5) is 0 Å². The Hall–Kier alpha value is -0.650. The van der Waals surface area contributed by atoms with E-state index in [9.17, 15) is 4.79 Å². The SMILES string of the molecule is CO[C@@H]1CCOC2(C1)CN(C(=O)[C@H]1CCOC1)C2. The van der Waals surface area contributed by atoms with Gasteiger partial charge in [0.05, 0.1) is 31.7 Å². The fourth-order valence-electron chi connectivity index (χ4n) is 3.20.